The van der Waals surface area contributed by atoms with Crippen LogP contribution in [0.15, 0.2) is 30.4 Å². The van der Waals surface area contributed by atoms with Gasteiger partial charge in [0.15, 0.2) is 5.82 Å². The molecule has 3 aliphatic rings. The molecule has 1 aromatic heterocycles. The number of hydrogen-bond acceptors (Lipinski definition) is 4. The first-order valence-corrected chi connectivity index (χ1v) is 8.76. The van der Waals surface area contributed by atoms with Crippen LogP contribution in [-0.4, -0.2) is 26.1 Å². The van der Waals surface area contributed by atoms with Crippen LogP contribution < -0.4 is 5.32 Å². The SMILES string of the molecule is O=C(Nc1cc(-n2nnnc2C2CC2)ccc1F)C1CC2C=CC1C2. The molecule has 0 saturated heterocycles. The molecule has 1 heterocycles. The van der Waals surface area contributed by atoms with Crippen molar-refractivity contribution in [1.82, 2.24) is 20.2 Å². The van der Waals surface area contributed by atoms with E-state index in [1.807, 2.05) is 0 Å². The van der Waals surface area contributed by atoms with Crippen LogP contribution in [0.4, 0.5) is 10.1 Å². The van der Waals surface area contributed by atoms with E-state index in [1.54, 1.807) is 16.8 Å². The van der Waals surface area contributed by atoms with Gasteiger partial charge in [-0.15, -0.1) is 5.10 Å². The Morgan fingerprint density at radius 1 is 1.24 bits per heavy atom. The van der Waals surface area contributed by atoms with Crippen molar-refractivity contribution in [2.24, 2.45) is 17.8 Å². The lowest BCUT2D eigenvalue weighted by molar-refractivity contribution is -0.120. The molecule has 1 amide bonds. The minimum absolute atomic E-state index is 0.0619. The minimum atomic E-state index is -0.447. The summed E-state index contributed by atoms with van der Waals surface area (Å²) >= 11 is 0. The number of benzene rings is 1. The Morgan fingerprint density at radius 3 is 2.84 bits per heavy atom. The third kappa shape index (κ3) is 2.54. The van der Waals surface area contributed by atoms with Crippen LogP contribution in [0, 0.1) is 23.6 Å². The van der Waals surface area contributed by atoms with Crippen molar-refractivity contribution in [3.63, 3.8) is 0 Å². The first kappa shape index (κ1) is 14.7. The van der Waals surface area contributed by atoms with Gasteiger partial charge >= 0.3 is 0 Å². The maximum absolute atomic E-state index is 14.2. The number of amides is 1. The smallest absolute Gasteiger partial charge is 0.228 e. The number of halogens is 1. The molecule has 25 heavy (non-hydrogen) atoms. The zero-order chi connectivity index (χ0) is 17.0. The van der Waals surface area contributed by atoms with Gasteiger partial charge in [0.2, 0.25) is 5.91 Å². The highest BCUT2D eigenvalue weighted by Gasteiger charge is 2.40. The summed E-state index contributed by atoms with van der Waals surface area (Å²) in [5.41, 5.74) is 0.850. The van der Waals surface area contributed by atoms with Gasteiger partial charge in [-0.3, -0.25) is 4.79 Å². The summed E-state index contributed by atoms with van der Waals surface area (Å²) in [5.74, 6) is 1.34. The zero-order valence-corrected chi connectivity index (χ0v) is 13.6. The third-order valence-corrected chi connectivity index (χ3v) is 5.50. The van der Waals surface area contributed by atoms with Crippen molar-refractivity contribution < 1.29 is 9.18 Å². The molecule has 1 aromatic carbocycles. The van der Waals surface area contributed by atoms with Crippen LogP contribution in [0.2, 0.25) is 0 Å². The number of anilines is 1. The molecule has 0 spiro atoms. The number of aromatic nitrogens is 4. The molecule has 0 aliphatic heterocycles. The average molecular weight is 339 g/mol. The molecule has 2 fully saturated rings. The summed E-state index contributed by atoms with van der Waals surface area (Å²) < 4.78 is 15.9. The van der Waals surface area contributed by atoms with Crippen molar-refractivity contribution in [3.8, 4) is 5.69 Å². The van der Waals surface area contributed by atoms with E-state index in [2.05, 4.69) is 33.0 Å². The molecule has 0 radical (unpaired) electrons. The van der Waals surface area contributed by atoms with Crippen molar-refractivity contribution in [2.45, 2.75) is 31.6 Å². The highest BCUT2D eigenvalue weighted by atomic mass is 19.1. The van der Waals surface area contributed by atoms with E-state index in [-0.39, 0.29) is 23.4 Å². The van der Waals surface area contributed by atoms with Gasteiger partial charge < -0.3 is 5.32 Å². The molecule has 2 saturated carbocycles. The lowest BCUT2D eigenvalue weighted by atomic mass is 9.93. The first-order valence-electron chi connectivity index (χ1n) is 8.76. The number of rotatable bonds is 4. The number of carbonyl (C=O) groups is 1. The molecule has 3 atom stereocenters. The van der Waals surface area contributed by atoms with E-state index in [9.17, 15) is 9.18 Å². The molecule has 6 nitrogen and oxygen atoms in total. The zero-order valence-electron chi connectivity index (χ0n) is 13.6. The van der Waals surface area contributed by atoms with Crippen LogP contribution in [0.5, 0.6) is 0 Å². The van der Waals surface area contributed by atoms with Crippen molar-refractivity contribution in [2.75, 3.05) is 5.32 Å². The molecular weight excluding hydrogens is 321 g/mol. The number of tetrazole rings is 1. The molecule has 7 heteroatoms. The lowest BCUT2D eigenvalue weighted by Gasteiger charge is -2.18. The Balaban J connectivity index is 1.41. The minimum Gasteiger partial charge on any atom is -0.323 e. The monoisotopic (exact) mass is 339 g/mol. The predicted molar refractivity (Wildman–Crippen MR) is 88.6 cm³/mol. The maximum atomic E-state index is 14.2. The van der Waals surface area contributed by atoms with Gasteiger partial charge in [-0.25, -0.2) is 4.39 Å². The van der Waals surface area contributed by atoms with Crippen molar-refractivity contribution >= 4 is 11.6 Å². The van der Waals surface area contributed by atoms with Gasteiger partial charge in [-0.1, -0.05) is 12.2 Å². The predicted octanol–water partition coefficient (Wildman–Crippen LogP) is 2.83. The molecule has 5 rings (SSSR count). The highest BCUT2D eigenvalue weighted by molar-refractivity contribution is 5.93. The molecular formula is C18H18FN5O. The second kappa shape index (κ2) is 5.47. The summed E-state index contributed by atoms with van der Waals surface area (Å²) in [4.78, 5) is 12.6. The van der Waals surface area contributed by atoms with Gasteiger partial charge in [-0.05, 0) is 66.1 Å². The number of nitrogens with one attached hydrogen (secondary N) is 1. The lowest BCUT2D eigenvalue weighted by Crippen LogP contribution is -2.26. The highest BCUT2D eigenvalue weighted by Crippen LogP contribution is 2.44. The Bertz CT molecular complexity index is 872. The Kier molecular flexibility index (Phi) is 3.23. The maximum Gasteiger partial charge on any atom is 0.228 e. The summed E-state index contributed by atoms with van der Waals surface area (Å²) in [6.45, 7) is 0. The summed E-state index contributed by atoms with van der Waals surface area (Å²) in [6.07, 6.45) is 8.34. The van der Waals surface area contributed by atoms with Crippen LogP contribution >= 0.6 is 0 Å². The summed E-state index contributed by atoms with van der Waals surface area (Å²) in [6, 6.07) is 4.59. The number of hydrogen-bond donors (Lipinski definition) is 1. The molecule has 3 aliphatic carbocycles. The first-order chi connectivity index (χ1) is 12.2. The standard InChI is InChI=1S/C18H18FN5O/c19-15-6-5-13(24-17(11-3-4-11)21-22-23-24)9-16(15)20-18(25)14-8-10-1-2-12(14)7-10/h1-2,5-6,9-12,14H,3-4,7-8H2,(H,20,25). The van der Waals surface area contributed by atoms with E-state index in [0.29, 0.717) is 17.5 Å². The topological polar surface area (TPSA) is 72.7 Å². The Hall–Kier alpha value is -2.57. The fraction of sp³-hybridized carbons (Fsp3) is 0.444. The summed E-state index contributed by atoms with van der Waals surface area (Å²) in [7, 11) is 0. The van der Waals surface area contributed by atoms with Crippen molar-refractivity contribution in [1.29, 1.82) is 0 Å². The Labute approximate surface area is 144 Å². The largest absolute Gasteiger partial charge is 0.323 e. The third-order valence-electron chi connectivity index (χ3n) is 5.50. The van der Waals surface area contributed by atoms with E-state index in [0.717, 1.165) is 31.5 Å². The quantitative estimate of drug-likeness (QED) is 0.870. The van der Waals surface area contributed by atoms with Gasteiger partial charge in [0, 0.05) is 11.8 Å². The number of allylic oxidation sites excluding steroid dienone is 2. The molecule has 3 unspecified atom stereocenters. The molecule has 128 valence electrons. The Morgan fingerprint density at radius 2 is 2.12 bits per heavy atom. The van der Waals surface area contributed by atoms with Gasteiger partial charge in [-0.2, -0.15) is 4.68 Å². The van der Waals surface area contributed by atoms with E-state index >= 15 is 0 Å². The van der Waals surface area contributed by atoms with Crippen LogP contribution in [-0.2, 0) is 4.79 Å². The molecule has 2 bridgehead atoms. The van der Waals surface area contributed by atoms with E-state index < -0.39 is 5.82 Å². The van der Waals surface area contributed by atoms with E-state index in [1.165, 1.54) is 6.07 Å². The second-order valence-electron chi connectivity index (χ2n) is 7.26. The van der Waals surface area contributed by atoms with Crippen LogP contribution in [0.1, 0.15) is 37.4 Å². The fourth-order valence-electron chi connectivity index (χ4n) is 4.02. The number of fused-ring (bicyclic) bond motifs is 2. The van der Waals surface area contributed by atoms with Crippen LogP contribution in [0.3, 0.4) is 0 Å². The van der Waals surface area contributed by atoms with Crippen LogP contribution in [0.25, 0.3) is 5.69 Å². The average Bonchev–Trinajstić information content (AvgIpc) is 3.03. The summed E-state index contributed by atoms with van der Waals surface area (Å²) in [5, 5.41) is 14.6. The van der Waals surface area contributed by atoms with Gasteiger partial charge in [0.1, 0.15) is 5.82 Å². The van der Waals surface area contributed by atoms with E-state index in [4.69, 9.17) is 0 Å². The molecule has 1 N–H and O–H groups in total. The molecule has 2 aromatic rings. The normalized spacial score (nSPS) is 27.0. The van der Waals surface area contributed by atoms with Gasteiger partial charge in [0.05, 0.1) is 11.4 Å². The number of nitrogens with zero attached hydrogens (tertiary/aromatic N) is 4. The van der Waals surface area contributed by atoms with Crippen molar-refractivity contribution in [3.05, 3.63) is 42.0 Å². The number of carbonyl (C=O) groups excluding carboxylic acids is 1. The second-order valence-corrected chi connectivity index (χ2v) is 7.26. The fourth-order valence-corrected chi connectivity index (χ4v) is 4.02. The van der Waals surface area contributed by atoms with Gasteiger partial charge in [0.25, 0.3) is 0 Å².